The van der Waals surface area contributed by atoms with Crippen LogP contribution >= 0.6 is 15.9 Å². The number of amides is 1. The predicted octanol–water partition coefficient (Wildman–Crippen LogP) is 4.10. The highest BCUT2D eigenvalue weighted by Crippen LogP contribution is 2.11. The molecule has 0 atom stereocenters. The maximum absolute atomic E-state index is 12.0. The van der Waals surface area contributed by atoms with Crippen molar-refractivity contribution in [1.29, 1.82) is 0 Å². The highest BCUT2D eigenvalue weighted by Gasteiger charge is 2.08. The maximum Gasteiger partial charge on any atom is 0.287 e. The van der Waals surface area contributed by atoms with Crippen molar-refractivity contribution in [3.05, 3.63) is 58.3 Å². The van der Waals surface area contributed by atoms with Crippen molar-refractivity contribution in [2.45, 2.75) is 26.2 Å². The Morgan fingerprint density at radius 1 is 1.33 bits per heavy atom. The second-order valence-corrected chi connectivity index (χ2v) is 5.62. The first kappa shape index (κ1) is 15.5. The molecule has 0 bridgehead atoms. The summed E-state index contributed by atoms with van der Waals surface area (Å²) in [4.78, 5) is 14.9. The molecule has 1 amide bonds. The summed E-state index contributed by atoms with van der Waals surface area (Å²) in [6.07, 6.45) is 4.68. The number of hydrogen-bond acceptors (Lipinski definition) is 2. The third kappa shape index (κ3) is 4.56. The topological polar surface area (TPSA) is 57.2 Å². The Hall–Kier alpha value is -1.88. The second-order valence-electron chi connectivity index (χ2n) is 4.70. The van der Waals surface area contributed by atoms with Crippen LogP contribution in [0.5, 0.6) is 0 Å². The number of nitrogens with one attached hydrogen (secondary N) is 2. The first-order valence-corrected chi connectivity index (χ1v) is 7.76. The molecule has 0 saturated heterocycles. The van der Waals surface area contributed by atoms with Gasteiger partial charge in [-0.1, -0.05) is 43.7 Å². The third-order valence-corrected chi connectivity index (χ3v) is 3.52. The van der Waals surface area contributed by atoms with Crippen LogP contribution in [0, 0.1) is 0 Å². The molecule has 110 valence electrons. The molecule has 2 rings (SSSR count). The van der Waals surface area contributed by atoms with Gasteiger partial charge in [-0.05, 0) is 40.4 Å². The number of benzene rings is 1. The van der Waals surface area contributed by atoms with Crippen LogP contribution in [0.15, 0.2) is 52.2 Å². The quantitative estimate of drug-likeness (QED) is 0.599. The van der Waals surface area contributed by atoms with Crippen LogP contribution < -0.4 is 5.43 Å². The minimum absolute atomic E-state index is 0.245. The predicted molar refractivity (Wildman–Crippen MR) is 88.5 cm³/mol. The fourth-order valence-corrected chi connectivity index (χ4v) is 2.26. The van der Waals surface area contributed by atoms with E-state index in [0.717, 1.165) is 35.0 Å². The highest BCUT2D eigenvalue weighted by molar-refractivity contribution is 9.10. The number of rotatable bonds is 6. The van der Waals surface area contributed by atoms with E-state index in [-0.39, 0.29) is 5.91 Å². The minimum Gasteiger partial charge on any atom is -0.356 e. The van der Waals surface area contributed by atoms with Crippen molar-refractivity contribution < 1.29 is 4.79 Å². The molecule has 21 heavy (non-hydrogen) atoms. The van der Waals surface area contributed by atoms with Crippen LogP contribution in [0.2, 0.25) is 0 Å². The van der Waals surface area contributed by atoms with Crippen molar-refractivity contribution in [3.63, 3.8) is 0 Å². The summed E-state index contributed by atoms with van der Waals surface area (Å²) in [7, 11) is 0. The van der Waals surface area contributed by atoms with E-state index in [0.29, 0.717) is 5.69 Å². The summed E-state index contributed by atoms with van der Waals surface area (Å²) in [5.74, 6) is -0.245. The van der Waals surface area contributed by atoms with Gasteiger partial charge in [0, 0.05) is 10.7 Å². The Morgan fingerprint density at radius 3 is 2.71 bits per heavy atom. The van der Waals surface area contributed by atoms with E-state index in [1.807, 2.05) is 30.3 Å². The van der Waals surface area contributed by atoms with E-state index >= 15 is 0 Å². The molecule has 1 aromatic carbocycles. The van der Waals surface area contributed by atoms with Crippen molar-refractivity contribution in [2.24, 2.45) is 5.10 Å². The monoisotopic (exact) mass is 347 g/mol. The fraction of sp³-hybridized carbons (Fsp3) is 0.250. The molecule has 2 N–H and O–H groups in total. The molecular formula is C16H18BrN3O. The van der Waals surface area contributed by atoms with Crippen molar-refractivity contribution in [2.75, 3.05) is 0 Å². The number of carbonyl (C=O) groups is 1. The van der Waals surface area contributed by atoms with E-state index in [9.17, 15) is 4.79 Å². The summed E-state index contributed by atoms with van der Waals surface area (Å²) in [5.41, 5.74) is 5.04. The average molecular weight is 348 g/mol. The molecule has 0 aliphatic carbocycles. The zero-order chi connectivity index (χ0) is 15.1. The van der Waals surface area contributed by atoms with Gasteiger partial charge in [-0.2, -0.15) is 5.10 Å². The van der Waals surface area contributed by atoms with Crippen LogP contribution in [0.1, 0.15) is 42.2 Å². The summed E-state index contributed by atoms with van der Waals surface area (Å²) >= 11 is 3.30. The molecule has 4 nitrogen and oxygen atoms in total. The molecule has 2 aromatic rings. The van der Waals surface area contributed by atoms with Gasteiger partial charge in [-0.25, -0.2) is 5.43 Å². The lowest BCUT2D eigenvalue weighted by Crippen LogP contribution is -2.20. The van der Waals surface area contributed by atoms with E-state index in [2.05, 4.69) is 38.4 Å². The number of aromatic nitrogens is 1. The Balaban J connectivity index is 2.11. The second kappa shape index (κ2) is 7.78. The summed E-state index contributed by atoms with van der Waals surface area (Å²) in [6, 6.07) is 11.6. The molecule has 0 spiro atoms. The Kier molecular flexibility index (Phi) is 5.75. The lowest BCUT2D eigenvalue weighted by molar-refractivity contribution is 0.0950. The van der Waals surface area contributed by atoms with E-state index in [1.54, 1.807) is 12.3 Å². The zero-order valence-corrected chi connectivity index (χ0v) is 13.5. The van der Waals surface area contributed by atoms with Crippen LogP contribution in [0.25, 0.3) is 0 Å². The molecule has 1 aromatic heterocycles. The average Bonchev–Trinajstić information content (AvgIpc) is 2.95. The van der Waals surface area contributed by atoms with Crippen LogP contribution in [-0.4, -0.2) is 16.6 Å². The molecule has 5 heteroatoms. The van der Waals surface area contributed by atoms with Crippen LogP contribution in [-0.2, 0) is 0 Å². The van der Waals surface area contributed by atoms with E-state index < -0.39 is 0 Å². The molecular weight excluding hydrogens is 330 g/mol. The van der Waals surface area contributed by atoms with Gasteiger partial charge >= 0.3 is 0 Å². The first-order chi connectivity index (χ1) is 10.2. The number of H-pyrrole nitrogens is 1. The Bertz CT molecular complexity index is 619. The van der Waals surface area contributed by atoms with Gasteiger partial charge in [0.1, 0.15) is 5.69 Å². The molecule has 1 heterocycles. The number of nitrogens with zero attached hydrogens (tertiary/aromatic N) is 1. The minimum atomic E-state index is -0.245. The fourth-order valence-electron chi connectivity index (χ4n) is 1.92. The zero-order valence-electron chi connectivity index (χ0n) is 11.9. The smallest absolute Gasteiger partial charge is 0.287 e. The van der Waals surface area contributed by atoms with Gasteiger partial charge in [0.2, 0.25) is 0 Å². The number of hydrogen-bond donors (Lipinski definition) is 2. The standard InChI is InChI=1S/C16H18BrN3O/c1-2-3-9-14(12-7-5-4-6-8-12)19-20-16(21)15-10-13(17)11-18-15/h4-8,10-11,18H,2-3,9H2,1H3,(H,20,21)/b19-14-. The maximum atomic E-state index is 12.0. The van der Waals surface area contributed by atoms with Gasteiger partial charge in [0.15, 0.2) is 0 Å². The number of carbonyl (C=O) groups excluding carboxylic acids is 1. The molecule has 0 radical (unpaired) electrons. The summed E-state index contributed by atoms with van der Waals surface area (Å²) in [6.45, 7) is 2.14. The molecule has 0 unspecified atom stereocenters. The molecule has 0 fully saturated rings. The van der Waals surface area contributed by atoms with Crippen LogP contribution in [0.3, 0.4) is 0 Å². The number of unbranched alkanes of at least 4 members (excludes halogenated alkanes) is 1. The lowest BCUT2D eigenvalue weighted by Gasteiger charge is -2.06. The number of halogens is 1. The van der Waals surface area contributed by atoms with Crippen molar-refractivity contribution in [1.82, 2.24) is 10.4 Å². The van der Waals surface area contributed by atoms with Gasteiger partial charge in [0.05, 0.1) is 5.71 Å². The largest absolute Gasteiger partial charge is 0.356 e. The van der Waals surface area contributed by atoms with Crippen LogP contribution in [0.4, 0.5) is 0 Å². The van der Waals surface area contributed by atoms with Gasteiger partial charge < -0.3 is 4.98 Å². The van der Waals surface area contributed by atoms with Gasteiger partial charge in [0.25, 0.3) is 5.91 Å². The Morgan fingerprint density at radius 2 is 2.10 bits per heavy atom. The van der Waals surface area contributed by atoms with Gasteiger partial charge in [-0.15, -0.1) is 0 Å². The third-order valence-electron chi connectivity index (χ3n) is 3.06. The molecule has 0 aliphatic rings. The van der Waals surface area contributed by atoms with E-state index in [1.165, 1.54) is 0 Å². The lowest BCUT2D eigenvalue weighted by atomic mass is 10.1. The highest BCUT2D eigenvalue weighted by atomic mass is 79.9. The molecule has 0 aliphatic heterocycles. The van der Waals surface area contributed by atoms with Crippen molar-refractivity contribution in [3.8, 4) is 0 Å². The summed E-state index contributed by atoms with van der Waals surface area (Å²) < 4.78 is 0.839. The Labute approximate surface area is 132 Å². The van der Waals surface area contributed by atoms with E-state index in [4.69, 9.17) is 0 Å². The number of aromatic amines is 1. The normalized spacial score (nSPS) is 11.4. The first-order valence-electron chi connectivity index (χ1n) is 6.97. The summed E-state index contributed by atoms with van der Waals surface area (Å²) in [5, 5.41) is 4.30. The number of hydrazone groups is 1. The van der Waals surface area contributed by atoms with Gasteiger partial charge in [-0.3, -0.25) is 4.79 Å². The SMILES string of the molecule is CCCC/C(=N/NC(=O)c1cc(Br)c[nH]1)c1ccccc1. The molecule has 0 saturated carbocycles. The van der Waals surface area contributed by atoms with Crippen molar-refractivity contribution >= 4 is 27.5 Å².